The van der Waals surface area contributed by atoms with E-state index in [0.717, 1.165) is 28.1 Å². The van der Waals surface area contributed by atoms with Gasteiger partial charge in [0.05, 0.1) is 11.9 Å². The van der Waals surface area contributed by atoms with Gasteiger partial charge in [0.1, 0.15) is 12.6 Å². The van der Waals surface area contributed by atoms with Gasteiger partial charge in [0.2, 0.25) is 21.8 Å². The first-order valence-corrected chi connectivity index (χ1v) is 13.6. The molecule has 2 amide bonds. The van der Waals surface area contributed by atoms with Crippen molar-refractivity contribution in [2.45, 2.75) is 46.6 Å². The summed E-state index contributed by atoms with van der Waals surface area (Å²) >= 11 is 0. The molecule has 8 heteroatoms. The van der Waals surface area contributed by atoms with Crippen LogP contribution in [0.5, 0.6) is 0 Å². The lowest BCUT2D eigenvalue weighted by Crippen LogP contribution is -2.52. The molecule has 7 nitrogen and oxygen atoms in total. The van der Waals surface area contributed by atoms with E-state index in [1.54, 1.807) is 19.1 Å². The van der Waals surface area contributed by atoms with E-state index in [1.165, 1.54) is 4.90 Å². The zero-order chi connectivity index (χ0) is 25.3. The summed E-state index contributed by atoms with van der Waals surface area (Å²) in [5, 5.41) is 2.88. The smallest absolute Gasteiger partial charge is 0.244 e. The zero-order valence-corrected chi connectivity index (χ0v) is 21.6. The number of carbonyl (C=O) groups excluding carboxylic acids is 2. The van der Waals surface area contributed by atoms with E-state index in [0.29, 0.717) is 25.2 Å². The molecule has 0 aliphatic rings. The van der Waals surface area contributed by atoms with Crippen LogP contribution in [0.15, 0.2) is 54.6 Å². The fourth-order valence-corrected chi connectivity index (χ4v) is 4.38. The second kappa shape index (κ2) is 12.6. The third kappa shape index (κ3) is 8.17. The van der Waals surface area contributed by atoms with Gasteiger partial charge >= 0.3 is 0 Å². The molecule has 0 saturated carbocycles. The van der Waals surface area contributed by atoms with Crippen LogP contribution in [-0.2, 0) is 32.5 Å². The summed E-state index contributed by atoms with van der Waals surface area (Å²) in [4.78, 5) is 27.7. The summed E-state index contributed by atoms with van der Waals surface area (Å²) in [5.74, 6) is -0.405. The highest BCUT2D eigenvalue weighted by atomic mass is 32.2. The Hall–Kier alpha value is -2.87. The van der Waals surface area contributed by atoms with Crippen LogP contribution in [0.3, 0.4) is 0 Å². The fraction of sp³-hybridized carbons (Fsp3) is 0.462. The number of hydrogen-bond acceptors (Lipinski definition) is 4. The van der Waals surface area contributed by atoms with Crippen molar-refractivity contribution < 1.29 is 18.0 Å². The highest BCUT2D eigenvalue weighted by Gasteiger charge is 2.29. The van der Waals surface area contributed by atoms with Crippen molar-refractivity contribution in [1.82, 2.24) is 10.2 Å². The highest BCUT2D eigenvalue weighted by molar-refractivity contribution is 7.92. The topological polar surface area (TPSA) is 86.8 Å². The predicted octanol–water partition coefficient (Wildman–Crippen LogP) is 3.25. The van der Waals surface area contributed by atoms with Gasteiger partial charge in [-0.05, 0) is 48.9 Å². The fourth-order valence-electron chi connectivity index (χ4n) is 3.53. The standard InChI is InChI=1S/C26H37N3O4S/c1-6-22-12-14-24(15-13-22)29(34(5,32)33)19-25(30)28(17-16-23-10-8-7-9-11-23)21(4)26(31)27-18-20(2)3/h7-15,20-21H,6,16-19H2,1-5H3,(H,27,31). The van der Waals surface area contributed by atoms with Crippen LogP contribution in [0.4, 0.5) is 5.69 Å². The number of benzene rings is 2. The monoisotopic (exact) mass is 487 g/mol. The number of anilines is 1. The minimum absolute atomic E-state index is 0.256. The molecule has 0 aliphatic heterocycles. The summed E-state index contributed by atoms with van der Waals surface area (Å²) in [6.45, 7) is 8.12. The van der Waals surface area contributed by atoms with Gasteiger partial charge in [0, 0.05) is 13.1 Å². The van der Waals surface area contributed by atoms with Crippen molar-refractivity contribution in [2.75, 3.05) is 30.2 Å². The maximum Gasteiger partial charge on any atom is 0.244 e. The molecular formula is C26H37N3O4S. The molecule has 0 radical (unpaired) electrons. The molecule has 0 heterocycles. The van der Waals surface area contributed by atoms with Crippen molar-refractivity contribution in [1.29, 1.82) is 0 Å². The van der Waals surface area contributed by atoms with Crippen LogP contribution in [0.1, 0.15) is 38.8 Å². The maximum atomic E-state index is 13.4. The number of nitrogens with one attached hydrogen (secondary N) is 1. The number of aryl methyl sites for hydroxylation is 1. The molecule has 0 bridgehead atoms. The van der Waals surface area contributed by atoms with Crippen molar-refractivity contribution >= 4 is 27.5 Å². The second-order valence-corrected chi connectivity index (χ2v) is 10.8. The average molecular weight is 488 g/mol. The lowest BCUT2D eigenvalue weighted by molar-refractivity contribution is -0.138. The Morgan fingerprint density at radius 2 is 1.56 bits per heavy atom. The van der Waals surface area contributed by atoms with Crippen molar-refractivity contribution in [3.8, 4) is 0 Å². The Morgan fingerprint density at radius 1 is 0.941 bits per heavy atom. The molecular weight excluding hydrogens is 450 g/mol. The zero-order valence-electron chi connectivity index (χ0n) is 20.8. The molecule has 1 unspecified atom stereocenters. The lowest BCUT2D eigenvalue weighted by Gasteiger charge is -2.31. The quantitative estimate of drug-likeness (QED) is 0.498. The van der Waals surface area contributed by atoms with E-state index < -0.39 is 22.0 Å². The average Bonchev–Trinajstić information content (AvgIpc) is 2.81. The number of sulfonamides is 1. The minimum Gasteiger partial charge on any atom is -0.354 e. The van der Waals surface area contributed by atoms with E-state index in [-0.39, 0.29) is 18.4 Å². The Labute approximate surface area is 204 Å². The van der Waals surface area contributed by atoms with Gasteiger partial charge in [-0.25, -0.2) is 8.42 Å². The first kappa shape index (κ1) is 27.4. The number of hydrogen-bond donors (Lipinski definition) is 1. The maximum absolute atomic E-state index is 13.4. The van der Waals surface area contributed by atoms with E-state index in [9.17, 15) is 18.0 Å². The SMILES string of the molecule is CCc1ccc(N(CC(=O)N(CCc2ccccc2)C(C)C(=O)NCC(C)C)S(C)(=O)=O)cc1. The molecule has 0 fully saturated rings. The summed E-state index contributed by atoms with van der Waals surface area (Å²) in [6, 6.07) is 16.1. The van der Waals surface area contributed by atoms with Crippen LogP contribution in [0.25, 0.3) is 0 Å². The van der Waals surface area contributed by atoms with Gasteiger partial charge in [-0.15, -0.1) is 0 Å². The lowest BCUT2D eigenvalue weighted by atomic mass is 10.1. The first-order valence-electron chi connectivity index (χ1n) is 11.7. The van der Waals surface area contributed by atoms with Gasteiger partial charge in [-0.1, -0.05) is 63.2 Å². The summed E-state index contributed by atoms with van der Waals surface area (Å²) in [5.41, 5.74) is 2.53. The normalized spacial score (nSPS) is 12.3. The second-order valence-electron chi connectivity index (χ2n) is 8.93. The summed E-state index contributed by atoms with van der Waals surface area (Å²) in [6.07, 6.45) is 2.47. The number of rotatable bonds is 12. The van der Waals surface area contributed by atoms with Crippen molar-refractivity contribution in [3.63, 3.8) is 0 Å². The van der Waals surface area contributed by atoms with Crippen LogP contribution < -0.4 is 9.62 Å². The van der Waals surface area contributed by atoms with Gasteiger partial charge < -0.3 is 10.2 Å². The van der Waals surface area contributed by atoms with Crippen LogP contribution in [0.2, 0.25) is 0 Å². The molecule has 2 aromatic carbocycles. The van der Waals surface area contributed by atoms with Gasteiger partial charge in [0.15, 0.2) is 0 Å². The molecule has 2 rings (SSSR count). The third-order valence-electron chi connectivity index (χ3n) is 5.65. The van der Waals surface area contributed by atoms with Gasteiger partial charge in [0.25, 0.3) is 0 Å². The Kier molecular flexibility index (Phi) is 10.1. The van der Waals surface area contributed by atoms with Crippen molar-refractivity contribution in [3.05, 3.63) is 65.7 Å². The molecule has 0 aliphatic carbocycles. The molecule has 2 aromatic rings. The number of nitrogens with zero attached hydrogens (tertiary/aromatic N) is 2. The van der Waals surface area contributed by atoms with Crippen LogP contribution >= 0.6 is 0 Å². The summed E-state index contributed by atoms with van der Waals surface area (Å²) < 4.78 is 26.3. The third-order valence-corrected chi connectivity index (χ3v) is 6.79. The highest BCUT2D eigenvalue weighted by Crippen LogP contribution is 2.19. The first-order chi connectivity index (χ1) is 16.0. The Morgan fingerprint density at radius 3 is 2.09 bits per heavy atom. The van der Waals surface area contributed by atoms with Crippen LogP contribution in [-0.4, -0.2) is 57.1 Å². The van der Waals surface area contributed by atoms with Crippen LogP contribution in [0, 0.1) is 5.92 Å². The van der Waals surface area contributed by atoms with Gasteiger partial charge in [-0.2, -0.15) is 0 Å². The van der Waals surface area contributed by atoms with E-state index in [4.69, 9.17) is 0 Å². The molecule has 0 spiro atoms. The number of carbonyl (C=O) groups is 2. The molecule has 34 heavy (non-hydrogen) atoms. The minimum atomic E-state index is -3.72. The molecule has 1 N–H and O–H groups in total. The van der Waals surface area contributed by atoms with Crippen molar-refractivity contribution in [2.24, 2.45) is 5.92 Å². The molecule has 0 saturated heterocycles. The predicted molar refractivity (Wildman–Crippen MR) is 137 cm³/mol. The van der Waals surface area contributed by atoms with E-state index in [2.05, 4.69) is 5.32 Å². The largest absolute Gasteiger partial charge is 0.354 e. The van der Waals surface area contributed by atoms with E-state index >= 15 is 0 Å². The molecule has 186 valence electrons. The van der Waals surface area contributed by atoms with E-state index in [1.807, 2.05) is 63.2 Å². The Balaban J connectivity index is 2.28. The summed E-state index contributed by atoms with van der Waals surface area (Å²) in [7, 11) is -3.72. The number of amides is 2. The Bertz CT molecular complexity index is 1040. The van der Waals surface area contributed by atoms with Gasteiger partial charge in [-0.3, -0.25) is 13.9 Å². The molecule has 0 aromatic heterocycles. The molecule has 1 atom stereocenters.